The van der Waals surface area contributed by atoms with Gasteiger partial charge in [0, 0.05) is 10.7 Å². The third-order valence-electron chi connectivity index (χ3n) is 3.41. The van der Waals surface area contributed by atoms with Gasteiger partial charge in [0.1, 0.15) is 11.6 Å². The van der Waals surface area contributed by atoms with E-state index < -0.39 is 5.91 Å². The van der Waals surface area contributed by atoms with E-state index in [1.54, 1.807) is 49.6 Å². The van der Waals surface area contributed by atoms with Crippen molar-refractivity contribution >= 4 is 29.3 Å². The first-order chi connectivity index (χ1) is 12.6. The summed E-state index contributed by atoms with van der Waals surface area (Å²) in [7, 11) is 1.54. The van der Waals surface area contributed by atoms with Crippen molar-refractivity contribution in [3.63, 3.8) is 0 Å². The smallest absolute Gasteiger partial charge is 0.266 e. The van der Waals surface area contributed by atoms with E-state index in [1.807, 2.05) is 13.0 Å². The molecular formula is C20H19ClN2O3. The summed E-state index contributed by atoms with van der Waals surface area (Å²) in [4.78, 5) is 12.3. The maximum Gasteiger partial charge on any atom is 0.266 e. The minimum Gasteiger partial charge on any atom is -0.493 e. The number of carbonyl (C=O) groups excluding carboxylic acids is 1. The number of nitrogens with one attached hydrogen (secondary N) is 1. The Morgan fingerprint density at radius 3 is 2.73 bits per heavy atom. The van der Waals surface area contributed by atoms with E-state index in [0.717, 1.165) is 6.42 Å². The molecule has 0 saturated carbocycles. The molecule has 0 aliphatic heterocycles. The van der Waals surface area contributed by atoms with E-state index in [0.29, 0.717) is 34.4 Å². The average molecular weight is 371 g/mol. The monoisotopic (exact) mass is 370 g/mol. The number of benzene rings is 2. The van der Waals surface area contributed by atoms with Crippen LogP contribution in [0, 0.1) is 11.3 Å². The lowest BCUT2D eigenvalue weighted by Gasteiger charge is -2.10. The molecule has 1 amide bonds. The van der Waals surface area contributed by atoms with Gasteiger partial charge >= 0.3 is 0 Å². The molecule has 134 valence electrons. The summed E-state index contributed by atoms with van der Waals surface area (Å²) < 4.78 is 10.9. The molecule has 26 heavy (non-hydrogen) atoms. The van der Waals surface area contributed by atoms with E-state index in [2.05, 4.69) is 5.32 Å². The van der Waals surface area contributed by atoms with Crippen LogP contribution in [0.2, 0.25) is 5.02 Å². The number of methoxy groups -OCH3 is 1. The quantitative estimate of drug-likeness (QED) is 0.567. The van der Waals surface area contributed by atoms with Gasteiger partial charge in [0.05, 0.1) is 13.7 Å². The molecular weight excluding hydrogens is 352 g/mol. The van der Waals surface area contributed by atoms with E-state index >= 15 is 0 Å². The van der Waals surface area contributed by atoms with E-state index in [1.165, 1.54) is 6.08 Å². The summed E-state index contributed by atoms with van der Waals surface area (Å²) >= 11 is 5.90. The Morgan fingerprint density at radius 2 is 2.08 bits per heavy atom. The summed E-state index contributed by atoms with van der Waals surface area (Å²) in [5.74, 6) is 0.646. The third-order valence-corrected chi connectivity index (χ3v) is 3.64. The van der Waals surface area contributed by atoms with Crippen LogP contribution in [0.15, 0.2) is 48.0 Å². The number of amides is 1. The number of rotatable bonds is 7. The first-order valence-electron chi connectivity index (χ1n) is 8.07. The molecule has 2 rings (SSSR count). The second-order valence-electron chi connectivity index (χ2n) is 5.39. The Hall–Kier alpha value is -2.97. The van der Waals surface area contributed by atoms with Crippen molar-refractivity contribution in [2.24, 2.45) is 0 Å². The van der Waals surface area contributed by atoms with Crippen LogP contribution in [0.1, 0.15) is 18.9 Å². The van der Waals surface area contributed by atoms with Crippen LogP contribution in [-0.4, -0.2) is 19.6 Å². The molecule has 0 radical (unpaired) electrons. The number of nitrogens with zero attached hydrogens (tertiary/aromatic N) is 1. The fourth-order valence-electron chi connectivity index (χ4n) is 2.19. The Morgan fingerprint density at radius 1 is 1.27 bits per heavy atom. The van der Waals surface area contributed by atoms with Crippen molar-refractivity contribution < 1.29 is 14.3 Å². The van der Waals surface area contributed by atoms with Gasteiger partial charge in [-0.3, -0.25) is 4.79 Å². The van der Waals surface area contributed by atoms with Crippen molar-refractivity contribution in [2.75, 3.05) is 19.0 Å². The highest BCUT2D eigenvalue weighted by Crippen LogP contribution is 2.29. The third kappa shape index (κ3) is 5.27. The van der Waals surface area contributed by atoms with Crippen molar-refractivity contribution in [2.45, 2.75) is 13.3 Å². The highest BCUT2D eigenvalue weighted by Gasteiger charge is 2.11. The van der Waals surface area contributed by atoms with Crippen LogP contribution < -0.4 is 14.8 Å². The second-order valence-corrected chi connectivity index (χ2v) is 5.83. The zero-order chi connectivity index (χ0) is 18.9. The summed E-state index contributed by atoms with van der Waals surface area (Å²) in [6.45, 7) is 2.60. The molecule has 0 bridgehead atoms. The van der Waals surface area contributed by atoms with Gasteiger partial charge < -0.3 is 14.8 Å². The number of halogens is 1. The van der Waals surface area contributed by atoms with Crippen molar-refractivity contribution in [3.05, 3.63) is 58.6 Å². The van der Waals surface area contributed by atoms with E-state index in [9.17, 15) is 10.1 Å². The molecule has 0 atom stereocenters. The van der Waals surface area contributed by atoms with Crippen LogP contribution >= 0.6 is 11.6 Å². The maximum atomic E-state index is 12.3. The van der Waals surface area contributed by atoms with Crippen molar-refractivity contribution in [1.29, 1.82) is 5.26 Å². The normalized spacial score (nSPS) is 10.8. The highest BCUT2D eigenvalue weighted by molar-refractivity contribution is 6.31. The minimum absolute atomic E-state index is 0.0331. The minimum atomic E-state index is -0.514. The van der Waals surface area contributed by atoms with Gasteiger partial charge in [-0.1, -0.05) is 30.7 Å². The Kier molecular flexibility index (Phi) is 7.07. The zero-order valence-electron chi connectivity index (χ0n) is 14.6. The van der Waals surface area contributed by atoms with E-state index in [4.69, 9.17) is 21.1 Å². The zero-order valence-corrected chi connectivity index (χ0v) is 15.3. The van der Waals surface area contributed by atoms with Crippen molar-refractivity contribution in [1.82, 2.24) is 0 Å². The van der Waals surface area contributed by atoms with Crippen LogP contribution in [0.5, 0.6) is 11.5 Å². The van der Waals surface area contributed by atoms with Gasteiger partial charge in [0.25, 0.3) is 5.91 Å². The number of hydrogen-bond acceptors (Lipinski definition) is 4. The number of carbonyl (C=O) groups is 1. The van der Waals surface area contributed by atoms with Crippen LogP contribution in [0.4, 0.5) is 5.69 Å². The SMILES string of the molecule is CCCOc1ccc(/C=C(\C#N)C(=O)Nc2cccc(Cl)c2)cc1OC. The average Bonchev–Trinajstić information content (AvgIpc) is 2.64. The molecule has 0 saturated heterocycles. The number of anilines is 1. The number of nitriles is 1. The highest BCUT2D eigenvalue weighted by atomic mass is 35.5. The van der Waals surface area contributed by atoms with Crippen molar-refractivity contribution in [3.8, 4) is 17.6 Å². The fourth-order valence-corrected chi connectivity index (χ4v) is 2.38. The van der Waals surface area contributed by atoms with Gasteiger partial charge in [0.2, 0.25) is 0 Å². The Labute approximate surface area is 157 Å². The predicted octanol–water partition coefficient (Wildman–Crippen LogP) is 4.68. The lowest BCUT2D eigenvalue weighted by atomic mass is 10.1. The summed E-state index contributed by atoms with van der Waals surface area (Å²) in [6, 6.07) is 13.9. The molecule has 2 aromatic rings. The lowest BCUT2D eigenvalue weighted by Crippen LogP contribution is -2.13. The molecule has 5 nitrogen and oxygen atoms in total. The molecule has 0 fully saturated rings. The fraction of sp³-hybridized carbons (Fsp3) is 0.200. The van der Waals surface area contributed by atoms with Gasteiger partial charge in [-0.2, -0.15) is 5.26 Å². The maximum absolute atomic E-state index is 12.3. The molecule has 0 aliphatic carbocycles. The van der Waals surface area contributed by atoms with Gasteiger partial charge in [-0.15, -0.1) is 0 Å². The topological polar surface area (TPSA) is 71.3 Å². The molecule has 6 heteroatoms. The Bertz CT molecular complexity index is 856. The van der Waals surface area contributed by atoms with Crippen LogP contribution in [-0.2, 0) is 4.79 Å². The molecule has 2 aromatic carbocycles. The molecule has 0 aromatic heterocycles. The number of hydrogen-bond donors (Lipinski definition) is 1. The first kappa shape index (κ1) is 19.4. The Balaban J connectivity index is 2.22. The van der Waals surface area contributed by atoms with Crippen LogP contribution in [0.25, 0.3) is 6.08 Å². The number of ether oxygens (including phenoxy) is 2. The summed E-state index contributed by atoms with van der Waals surface area (Å²) in [5, 5.41) is 12.5. The molecule has 0 unspecified atom stereocenters. The second kappa shape index (κ2) is 9.50. The summed E-state index contributed by atoms with van der Waals surface area (Å²) in [5.41, 5.74) is 1.14. The molecule has 0 heterocycles. The predicted molar refractivity (Wildman–Crippen MR) is 102 cm³/mol. The molecule has 0 aliphatic rings. The van der Waals surface area contributed by atoms with E-state index in [-0.39, 0.29) is 5.57 Å². The summed E-state index contributed by atoms with van der Waals surface area (Å²) in [6.07, 6.45) is 2.37. The lowest BCUT2D eigenvalue weighted by molar-refractivity contribution is -0.112. The first-order valence-corrected chi connectivity index (χ1v) is 8.44. The largest absolute Gasteiger partial charge is 0.493 e. The molecule has 1 N–H and O–H groups in total. The standard InChI is InChI=1S/C20H19ClN2O3/c1-3-9-26-18-8-7-14(11-19(18)25-2)10-15(13-22)20(24)23-17-6-4-5-16(21)12-17/h4-8,10-12H,3,9H2,1-2H3,(H,23,24)/b15-10+. The van der Waals surface area contributed by atoms with Crippen LogP contribution in [0.3, 0.4) is 0 Å². The van der Waals surface area contributed by atoms with Gasteiger partial charge in [-0.25, -0.2) is 0 Å². The van der Waals surface area contributed by atoms with Gasteiger partial charge in [0.15, 0.2) is 11.5 Å². The van der Waals surface area contributed by atoms with Gasteiger partial charge in [-0.05, 0) is 48.4 Å². The molecule has 0 spiro atoms.